The van der Waals surface area contributed by atoms with Crippen LogP contribution in [0.3, 0.4) is 0 Å². The zero-order valence-electron chi connectivity index (χ0n) is 22.3. The van der Waals surface area contributed by atoms with Crippen LogP contribution in [0.2, 0.25) is 0 Å². The van der Waals surface area contributed by atoms with Gasteiger partial charge in [0.1, 0.15) is 15.5 Å². The van der Waals surface area contributed by atoms with Gasteiger partial charge in [-0.1, -0.05) is 0 Å². The summed E-state index contributed by atoms with van der Waals surface area (Å²) in [5, 5.41) is 5.54. The Labute approximate surface area is 224 Å². The molecule has 0 unspecified atom stereocenters. The van der Waals surface area contributed by atoms with Crippen molar-refractivity contribution in [3.8, 4) is 0 Å². The van der Waals surface area contributed by atoms with E-state index in [0.29, 0.717) is 40.5 Å². The van der Waals surface area contributed by atoms with Gasteiger partial charge in [0.2, 0.25) is 0 Å². The molecule has 1 aliphatic rings. The second kappa shape index (κ2) is 11.3. The number of amides is 2. The summed E-state index contributed by atoms with van der Waals surface area (Å²) in [5.74, 6) is -0.560. The first-order chi connectivity index (χ1) is 17.1. The van der Waals surface area contributed by atoms with Crippen molar-refractivity contribution in [1.29, 1.82) is 0 Å². The Kier molecular flexibility index (Phi) is 8.98. The summed E-state index contributed by atoms with van der Waals surface area (Å²) in [6.45, 7) is 11.3. The van der Waals surface area contributed by atoms with Crippen molar-refractivity contribution in [3.63, 3.8) is 0 Å². The Hall–Kier alpha value is -2.15. The van der Waals surface area contributed by atoms with Crippen molar-refractivity contribution in [1.82, 2.24) is 15.1 Å². The highest BCUT2D eigenvalue weighted by Gasteiger charge is 2.39. The number of hydrogen-bond acceptors (Lipinski definition) is 7. The van der Waals surface area contributed by atoms with Gasteiger partial charge in [0, 0.05) is 42.5 Å². The highest BCUT2D eigenvalue weighted by molar-refractivity contribution is 7.16. The lowest BCUT2D eigenvalue weighted by Gasteiger charge is -2.28. The number of anilines is 1. The monoisotopic (exact) mass is 560 g/mol. The van der Waals surface area contributed by atoms with Crippen LogP contribution in [0, 0.1) is 13.8 Å². The molecule has 2 amide bonds. The maximum absolute atomic E-state index is 13.9. The summed E-state index contributed by atoms with van der Waals surface area (Å²) < 4.78 is 47.2. The van der Waals surface area contributed by atoms with Gasteiger partial charge in [-0.3, -0.25) is 10.2 Å². The molecule has 0 aromatic carbocycles. The molecule has 0 saturated heterocycles. The van der Waals surface area contributed by atoms with E-state index in [1.807, 2.05) is 25.9 Å². The van der Waals surface area contributed by atoms with Crippen molar-refractivity contribution < 1.29 is 27.5 Å². The molecule has 0 spiro atoms. The zero-order chi connectivity index (χ0) is 27.7. The number of ether oxygens (including phenoxy) is 1. The standard InChI is InChI=1S/C25H35F3N4O3S2/c1-14-15(2)36-21(19(14)22(33)35-24(3,4)5)30-23(34)29-12-17-16-8-9-32(11-10-31(6)7)13-18(16)37-20(17)25(26,27)28/h8-13H2,1-7H3,(H2,29,30,34). The Bertz CT molecular complexity index is 1150. The number of hydrogen-bond donors (Lipinski definition) is 2. The number of fused-ring (bicyclic) bond motifs is 1. The Balaban J connectivity index is 1.76. The summed E-state index contributed by atoms with van der Waals surface area (Å²) in [5.41, 5.74) is 1.04. The van der Waals surface area contributed by atoms with E-state index in [1.54, 1.807) is 27.7 Å². The number of nitrogens with one attached hydrogen (secondary N) is 2. The Morgan fingerprint density at radius 3 is 2.41 bits per heavy atom. The quantitative estimate of drug-likeness (QED) is 0.429. The first-order valence-corrected chi connectivity index (χ1v) is 13.7. The van der Waals surface area contributed by atoms with Crippen molar-refractivity contribution in [2.24, 2.45) is 0 Å². The summed E-state index contributed by atoms with van der Waals surface area (Å²) in [6.07, 6.45) is -4.00. The fourth-order valence-corrected chi connectivity index (χ4v) is 6.40. The van der Waals surface area contributed by atoms with Crippen molar-refractivity contribution in [2.45, 2.75) is 65.9 Å². The van der Waals surface area contributed by atoms with Gasteiger partial charge in [-0.25, -0.2) is 9.59 Å². The van der Waals surface area contributed by atoms with Crippen LogP contribution in [0.5, 0.6) is 0 Å². The molecule has 0 bridgehead atoms. The molecule has 2 aromatic rings. The van der Waals surface area contributed by atoms with E-state index in [9.17, 15) is 22.8 Å². The van der Waals surface area contributed by atoms with Gasteiger partial charge in [0.25, 0.3) is 0 Å². The third kappa shape index (κ3) is 7.46. The molecular formula is C25H35F3N4O3S2. The number of likely N-dealkylation sites (N-methyl/N-ethyl adjacent to an activating group) is 1. The van der Waals surface area contributed by atoms with Gasteiger partial charge >= 0.3 is 18.2 Å². The summed E-state index contributed by atoms with van der Waals surface area (Å²) in [7, 11) is 3.93. The topological polar surface area (TPSA) is 73.9 Å². The van der Waals surface area contributed by atoms with E-state index in [1.165, 1.54) is 11.3 Å². The molecule has 7 nitrogen and oxygen atoms in total. The van der Waals surface area contributed by atoms with Gasteiger partial charge in [0.05, 0.1) is 5.56 Å². The number of carbonyl (C=O) groups excluding carboxylic acids is 2. The van der Waals surface area contributed by atoms with Crippen LogP contribution in [-0.4, -0.2) is 61.1 Å². The summed E-state index contributed by atoms with van der Waals surface area (Å²) >= 11 is 1.99. The van der Waals surface area contributed by atoms with Crippen LogP contribution in [-0.2, 0) is 30.4 Å². The minimum atomic E-state index is -4.50. The minimum Gasteiger partial charge on any atom is -0.456 e. The van der Waals surface area contributed by atoms with Gasteiger partial charge in [0.15, 0.2) is 0 Å². The second-order valence-electron chi connectivity index (χ2n) is 10.4. The summed E-state index contributed by atoms with van der Waals surface area (Å²) in [6, 6.07) is -0.678. The van der Waals surface area contributed by atoms with Crippen molar-refractivity contribution in [3.05, 3.63) is 36.9 Å². The fraction of sp³-hybridized carbons (Fsp3) is 0.600. The highest BCUT2D eigenvalue weighted by atomic mass is 32.1. The second-order valence-corrected chi connectivity index (χ2v) is 12.8. The predicted molar refractivity (Wildman–Crippen MR) is 142 cm³/mol. The SMILES string of the molecule is Cc1sc(NC(=O)NCc2c(C(F)(F)F)sc3c2CCN(CCN(C)C)C3)c(C(=O)OC(C)(C)C)c1C. The van der Waals surface area contributed by atoms with Gasteiger partial charge < -0.3 is 15.0 Å². The molecule has 12 heteroatoms. The van der Waals surface area contributed by atoms with Crippen molar-refractivity contribution in [2.75, 3.05) is 39.0 Å². The number of urea groups is 1. The normalized spacial score (nSPS) is 14.6. The smallest absolute Gasteiger partial charge is 0.425 e. The van der Waals surface area contributed by atoms with Crippen LogP contribution in [0.15, 0.2) is 0 Å². The van der Waals surface area contributed by atoms with E-state index in [4.69, 9.17) is 4.74 Å². The third-order valence-electron chi connectivity index (χ3n) is 6.01. The molecule has 0 saturated carbocycles. The third-order valence-corrected chi connectivity index (χ3v) is 8.43. The van der Waals surface area contributed by atoms with Crippen molar-refractivity contribution >= 4 is 39.7 Å². The van der Waals surface area contributed by atoms with Crippen LogP contribution in [0.4, 0.5) is 23.0 Å². The predicted octanol–water partition coefficient (Wildman–Crippen LogP) is 5.64. The van der Waals surface area contributed by atoms with Gasteiger partial charge in [-0.2, -0.15) is 13.2 Å². The average molecular weight is 561 g/mol. The van der Waals surface area contributed by atoms with E-state index in [-0.39, 0.29) is 17.7 Å². The number of thiophene rings is 2. The molecule has 0 fully saturated rings. The molecule has 37 heavy (non-hydrogen) atoms. The number of aryl methyl sites for hydroxylation is 1. The number of alkyl halides is 3. The average Bonchev–Trinajstić information content (AvgIpc) is 3.26. The number of carbonyl (C=O) groups is 2. The summed E-state index contributed by atoms with van der Waals surface area (Å²) in [4.78, 5) is 30.6. The number of halogens is 3. The first-order valence-electron chi connectivity index (χ1n) is 12.0. The van der Waals surface area contributed by atoms with Gasteiger partial charge in [-0.05, 0) is 71.8 Å². The van der Waals surface area contributed by atoms with Crippen LogP contribution >= 0.6 is 22.7 Å². The van der Waals surface area contributed by atoms with Gasteiger partial charge in [-0.15, -0.1) is 22.7 Å². The van der Waals surface area contributed by atoms with Crippen LogP contribution < -0.4 is 10.6 Å². The Morgan fingerprint density at radius 2 is 1.81 bits per heavy atom. The lowest BCUT2D eigenvalue weighted by Crippen LogP contribution is -2.36. The molecule has 0 atom stereocenters. The zero-order valence-corrected chi connectivity index (χ0v) is 23.9. The lowest BCUT2D eigenvalue weighted by atomic mass is 10.0. The molecule has 3 heterocycles. The molecule has 2 N–H and O–H groups in total. The molecular weight excluding hydrogens is 525 g/mol. The Morgan fingerprint density at radius 1 is 1.14 bits per heavy atom. The number of esters is 1. The first kappa shape index (κ1) is 29.4. The van der Waals surface area contributed by atoms with E-state index < -0.39 is 28.7 Å². The molecule has 1 aliphatic heterocycles. The molecule has 0 aliphatic carbocycles. The number of rotatable bonds is 7. The highest BCUT2D eigenvalue weighted by Crippen LogP contribution is 2.42. The maximum atomic E-state index is 13.9. The van der Waals surface area contributed by atoms with E-state index in [2.05, 4.69) is 15.5 Å². The van der Waals surface area contributed by atoms with E-state index >= 15 is 0 Å². The van der Waals surface area contributed by atoms with Crippen LogP contribution in [0.1, 0.15) is 62.5 Å². The molecule has 2 aromatic heterocycles. The molecule has 0 radical (unpaired) electrons. The minimum absolute atomic E-state index is 0.126. The fourth-order valence-electron chi connectivity index (χ4n) is 4.08. The molecule has 3 rings (SSSR count). The van der Waals surface area contributed by atoms with Crippen LogP contribution in [0.25, 0.3) is 0 Å². The maximum Gasteiger partial charge on any atom is 0.425 e. The lowest BCUT2D eigenvalue weighted by molar-refractivity contribution is -0.135. The van der Waals surface area contributed by atoms with E-state index in [0.717, 1.165) is 29.3 Å². The number of nitrogens with zero attached hydrogens (tertiary/aromatic N) is 2. The largest absolute Gasteiger partial charge is 0.456 e. The molecule has 206 valence electrons.